The second-order valence-corrected chi connectivity index (χ2v) is 6.65. The molecule has 3 aromatic rings. The molecule has 1 fully saturated rings. The molecule has 0 spiro atoms. The van der Waals surface area contributed by atoms with E-state index in [9.17, 15) is 4.79 Å². The van der Waals surface area contributed by atoms with Crippen molar-refractivity contribution in [3.8, 4) is 22.8 Å². The van der Waals surface area contributed by atoms with Crippen LogP contribution in [0.15, 0.2) is 41.2 Å². The average Bonchev–Trinajstić information content (AvgIpc) is 2.64. The fourth-order valence-corrected chi connectivity index (χ4v) is 3.64. The Kier molecular flexibility index (Phi) is 3.08. The van der Waals surface area contributed by atoms with Gasteiger partial charge < -0.3 is 14.5 Å². The molecule has 1 aromatic heterocycles. The second-order valence-electron chi connectivity index (χ2n) is 6.65. The lowest BCUT2D eigenvalue weighted by molar-refractivity contribution is 0.313. The smallest absolute Gasteiger partial charge is 0.272 e. The first kappa shape index (κ1) is 14.5. The molecule has 0 amide bonds. The minimum absolute atomic E-state index is 0.192. The molecule has 1 saturated heterocycles. The minimum atomic E-state index is -0.192. The van der Waals surface area contributed by atoms with Gasteiger partial charge >= 0.3 is 0 Å². The van der Waals surface area contributed by atoms with Gasteiger partial charge in [-0.15, -0.1) is 0 Å². The molecular weight excluding hydrogens is 316 g/mol. The number of benzene rings is 2. The van der Waals surface area contributed by atoms with E-state index in [1.807, 2.05) is 24.3 Å². The summed E-state index contributed by atoms with van der Waals surface area (Å²) in [5.74, 6) is 1.46. The van der Waals surface area contributed by atoms with Crippen LogP contribution in [-0.4, -0.2) is 48.3 Å². The zero-order valence-corrected chi connectivity index (χ0v) is 14.0. The summed E-state index contributed by atoms with van der Waals surface area (Å²) in [6, 6.07) is 11.7. The standard InChI is InChI=1S/C19H18N4O2/c1-22-7-9-23(10-8-22)12-5-6-15-14(11-12)18-17-13(19(24)21-20-18)3-2-4-16(17)25-15/h2-6,11H,7-10H2,1H3,(H,21,24). The summed E-state index contributed by atoms with van der Waals surface area (Å²) in [4.78, 5) is 16.8. The molecule has 0 atom stereocenters. The summed E-state index contributed by atoms with van der Waals surface area (Å²) < 4.78 is 6.04. The molecule has 2 aliphatic heterocycles. The summed E-state index contributed by atoms with van der Waals surface area (Å²) in [5, 5.41) is 8.35. The summed E-state index contributed by atoms with van der Waals surface area (Å²) in [6.45, 7) is 4.11. The van der Waals surface area contributed by atoms with Crippen LogP contribution in [0, 0.1) is 0 Å². The van der Waals surface area contributed by atoms with Gasteiger partial charge in [-0.2, -0.15) is 5.10 Å². The number of hydrogen-bond donors (Lipinski definition) is 1. The SMILES string of the molecule is CN1CCN(c2ccc3c(c2)-c2n[nH]c(=O)c4cccc(c24)O3)CC1. The second kappa shape index (κ2) is 5.32. The Balaban J connectivity index is 1.67. The lowest BCUT2D eigenvalue weighted by Crippen LogP contribution is -2.44. The number of aromatic amines is 1. The van der Waals surface area contributed by atoms with Crippen LogP contribution in [0.5, 0.6) is 11.5 Å². The number of nitrogens with zero attached hydrogens (tertiary/aromatic N) is 3. The van der Waals surface area contributed by atoms with Crippen LogP contribution in [0.3, 0.4) is 0 Å². The van der Waals surface area contributed by atoms with Crippen molar-refractivity contribution in [2.24, 2.45) is 0 Å². The van der Waals surface area contributed by atoms with Gasteiger partial charge in [0, 0.05) is 37.4 Å². The van der Waals surface area contributed by atoms with E-state index < -0.39 is 0 Å². The maximum atomic E-state index is 12.1. The molecule has 0 unspecified atom stereocenters. The van der Waals surface area contributed by atoms with Gasteiger partial charge in [0.15, 0.2) is 0 Å². The van der Waals surface area contributed by atoms with Gasteiger partial charge in [-0.3, -0.25) is 4.79 Å². The third kappa shape index (κ3) is 2.21. The molecule has 25 heavy (non-hydrogen) atoms. The molecule has 2 aromatic carbocycles. The first-order chi connectivity index (χ1) is 12.2. The summed E-state index contributed by atoms with van der Waals surface area (Å²) in [7, 11) is 2.15. The van der Waals surface area contributed by atoms with Crippen LogP contribution in [0.4, 0.5) is 5.69 Å². The topological polar surface area (TPSA) is 61.5 Å². The third-order valence-corrected chi connectivity index (χ3v) is 5.08. The van der Waals surface area contributed by atoms with Crippen molar-refractivity contribution in [1.82, 2.24) is 15.1 Å². The quantitative estimate of drug-likeness (QED) is 0.579. The molecule has 3 heterocycles. The molecule has 1 N–H and O–H groups in total. The van der Waals surface area contributed by atoms with Gasteiger partial charge in [-0.05, 0) is 37.4 Å². The van der Waals surface area contributed by atoms with Gasteiger partial charge in [0.25, 0.3) is 5.56 Å². The van der Waals surface area contributed by atoms with Gasteiger partial charge in [-0.1, -0.05) is 6.07 Å². The van der Waals surface area contributed by atoms with Crippen LogP contribution in [-0.2, 0) is 0 Å². The predicted octanol–water partition coefficient (Wildman–Crippen LogP) is 2.45. The number of aromatic nitrogens is 2. The molecule has 5 rings (SSSR count). The van der Waals surface area contributed by atoms with E-state index in [0.717, 1.165) is 54.3 Å². The molecule has 126 valence electrons. The Hall–Kier alpha value is -2.86. The fraction of sp³-hybridized carbons (Fsp3) is 0.263. The number of anilines is 1. The van der Waals surface area contributed by atoms with Crippen molar-refractivity contribution in [1.29, 1.82) is 0 Å². The highest BCUT2D eigenvalue weighted by Crippen LogP contribution is 2.45. The Labute approximate surface area is 144 Å². The summed E-state index contributed by atoms with van der Waals surface area (Å²) in [6.07, 6.45) is 0. The Morgan fingerprint density at radius 1 is 1.08 bits per heavy atom. The molecule has 0 radical (unpaired) electrons. The highest BCUT2D eigenvalue weighted by Gasteiger charge is 2.24. The number of ether oxygens (including phenoxy) is 1. The third-order valence-electron chi connectivity index (χ3n) is 5.08. The van der Waals surface area contributed by atoms with E-state index in [2.05, 4.69) is 39.2 Å². The molecule has 0 aliphatic carbocycles. The molecule has 6 nitrogen and oxygen atoms in total. The van der Waals surface area contributed by atoms with Crippen LogP contribution in [0.2, 0.25) is 0 Å². The van der Waals surface area contributed by atoms with Gasteiger partial charge in [-0.25, -0.2) is 5.10 Å². The largest absolute Gasteiger partial charge is 0.456 e. The Bertz CT molecular complexity index is 1040. The number of rotatable bonds is 1. The number of nitrogens with one attached hydrogen (secondary N) is 1. The Morgan fingerprint density at radius 2 is 1.92 bits per heavy atom. The monoisotopic (exact) mass is 334 g/mol. The lowest BCUT2D eigenvalue weighted by atomic mass is 10.00. The van der Waals surface area contributed by atoms with Crippen LogP contribution >= 0.6 is 0 Å². The van der Waals surface area contributed by atoms with Gasteiger partial charge in [0.1, 0.15) is 17.2 Å². The van der Waals surface area contributed by atoms with Crippen molar-refractivity contribution in [2.45, 2.75) is 0 Å². The first-order valence-electron chi connectivity index (χ1n) is 8.48. The highest BCUT2D eigenvalue weighted by molar-refractivity contribution is 6.02. The van der Waals surface area contributed by atoms with Crippen molar-refractivity contribution >= 4 is 16.5 Å². The van der Waals surface area contributed by atoms with E-state index in [-0.39, 0.29) is 5.56 Å². The molecule has 0 bridgehead atoms. The average molecular weight is 334 g/mol. The molecule has 0 saturated carbocycles. The summed E-state index contributed by atoms with van der Waals surface area (Å²) in [5.41, 5.74) is 2.68. The van der Waals surface area contributed by atoms with E-state index in [4.69, 9.17) is 4.74 Å². The number of fused-ring (bicyclic) bond motifs is 2. The highest BCUT2D eigenvalue weighted by atomic mass is 16.5. The molecule has 6 heteroatoms. The van der Waals surface area contributed by atoms with E-state index in [0.29, 0.717) is 11.1 Å². The number of H-pyrrole nitrogens is 1. The van der Waals surface area contributed by atoms with Gasteiger partial charge in [0.2, 0.25) is 0 Å². The minimum Gasteiger partial charge on any atom is -0.456 e. The van der Waals surface area contributed by atoms with E-state index >= 15 is 0 Å². The summed E-state index contributed by atoms with van der Waals surface area (Å²) >= 11 is 0. The maximum absolute atomic E-state index is 12.1. The number of likely N-dealkylation sites (N-methyl/N-ethyl adjacent to an activating group) is 1. The number of piperazine rings is 1. The predicted molar refractivity (Wildman–Crippen MR) is 97.6 cm³/mol. The first-order valence-corrected chi connectivity index (χ1v) is 8.48. The van der Waals surface area contributed by atoms with Crippen LogP contribution < -0.4 is 15.2 Å². The normalized spacial score (nSPS) is 16.6. The van der Waals surface area contributed by atoms with Crippen molar-refractivity contribution < 1.29 is 4.74 Å². The Morgan fingerprint density at radius 3 is 2.76 bits per heavy atom. The molecular formula is C19H18N4O2. The van der Waals surface area contributed by atoms with Crippen molar-refractivity contribution in [3.63, 3.8) is 0 Å². The lowest BCUT2D eigenvalue weighted by Gasteiger charge is -2.34. The molecule has 2 aliphatic rings. The van der Waals surface area contributed by atoms with Gasteiger partial charge in [0.05, 0.1) is 10.8 Å². The van der Waals surface area contributed by atoms with Crippen molar-refractivity contribution in [3.05, 3.63) is 46.8 Å². The maximum Gasteiger partial charge on any atom is 0.272 e. The van der Waals surface area contributed by atoms with E-state index in [1.165, 1.54) is 0 Å². The number of hydrogen-bond acceptors (Lipinski definition) is 5. The van der Waals surface area contributed by atoms with E-state index in [1.54, 1.807) is 0 Å². The fourth-order valence-electron chi connectivity index (χ4n) is 3.64. The van der Waals surface area contributed by atoms with Crippen LogP contribution in [0.1, 0.15) is 0 Å². The van der Waals surface area contributed by atoms with Crippen LogP contribution in [0.25, 0.3) is 22.0 Å². The zero-order chi connectivity index (χ0) is 17.0. The zero-order valence-electron chi connectivity index (χ0n) is 14.0. The van der Waals surface area contributed by atoms with Crippen molar-refractivity contribution in [2.75, 3.05) is 38.1 Å².